The lowest BCUT2D eigenvalue weighted by atomic mass is 10.1. The number of halogens is 2. The van der Waals surface area contributed by atoms with Crippen LogP contribution in [0.25, 0.3) is 0 Å². The molecule has 0 bridgehead atoms. The van der Waals surface area contributed by atoms with E-state index in [-0.39, 0.29) is 29.8 Å². The molecular weight excluding hydrogens is 406 g/mol. The summed E-state index contributed by atoms with van der Waals surface area (Å²) in [6.45, 7) is 1.46. The van der Waals surface area contributed by atoms with Gasteiger partial charge >= 0.3 is 0 Å². The van der Waals surface area contributed by atoms with Crippen molar-refractivity contribution in [2.24, 2.45) is 4.99 Å². The van der Waals surface area contributed by atoms with Gasteiger partial charge in [0.25, 0.3) is 0 Å². The second kappa shape index (κ2) is 10.9. The fourth-order valence-corrected chi connectivity index (χ4v) is 2.09. The van der Waals surface area contributed by atoms with Gasteiger partial charge < -0.3 is 10.6 Å². The molecule has 23 heavy (non-hydrogen) atoms. The van der Waals surface area contributed by atoms with E-state index in [0.29, 0.717) is 6.54 Å². The van der Waals surface area contributed by atoms with E-state index in [4.69, 9.17) is 0 Å². The van der Waals surface area contributed by atoms with Crippen LogP contribution in [-0.4, -0.2) is 31.1 Å². The number of nitrogens with zero attached hydrogens (tertiary/aromatic N) is 2. The van der Waals surface area contributed by atoms with Gasteiger partial charge in [0, 0.05) is 38.4 Å². The van der Waals surface area contributed by atoms with Crippen molar-refractivity contribution in [2.75, 3.05) is 20.1 Å². The van der Waals surface area contributed by atoms with Crippen molar-refractivity contribution in [3.8, 4) is 0 Å². The summed E-state index contributed by atoms with van der Waals surface area (Å²) in [6.07, 6.45) is 3.38. The maximum Gasteiger partial charge on any atom is 0.190 e. The summed E-state index contributed by atoms with van der Waals surface area (Å²) in [7, 11) is 1.73. The van der Waals surface area contributed by atoms with Gasteiger partial charge in [-0.2, -0.15) is 0 Å². The Balaban J connectivity index is 0.00000264. The molecule has 2 N–H and O–H groups in total. The second-order valence-electron chi connectivity index (χ2n) is 4.88. The molecule has 0 fully saturated rings. The number of hydrogen-bond acceptors (Lipinski definition) is 2. The zero-order valence-electron chi connectivity index (χ0n) is 13.1. The Hall–Kier alpha value is -1.70. The maximum atomic E-state index is 13.1. The van der Waals surface area contributed by atoms with E-state index < -0.39 is 0 Å². The lowest BCUT2D eigenvalue weighted by molar-refractivity contribution is 0.625. The number of benzene rings is 1. The van der Waals surface area contributed by atoms with E-state index in [1.54, 1.807) is 25.4 Å². The van der Waals surface area contributed by atoms with Crippen LogP contribution >= 0.6 is 24.0 Å². The third-order valence-corrected chi connectivity index (χ3v) is 3.22. The summed E-state index contributed by atoms with van der Waals surface area (Å²) in [5.74, 6) is 0.544. The molecule has 0 aliphatic carbocycles. The normalized spacial score (nSPS) is 10.8. The van der Waals surface area contributed by atoms with E-state index in [0.717, 1.165) is 36.6 Å². The molecule has 4 nitrogen and oxygen atoms in total. The van der Waals surface area contributed by atoms with E-state index in [1.807, 2.05) is 24.3 Å². The first-order valence-electron chi connectivity index (χ1n) is 7.37. The van der Waals surface area contributed by atoms with Crippen molar-refractivity contribution < 1.29 is 4.39 Å². The van der Waals surface area contributed by atoms with Crippen LogP contribution in [0.5, 0.6) is 0 Å². The van der Waals surface area contributed by atoms with Gasteiger partial charge in [-0.15, -0.1) is 24.0 Å². The minimum Gasteiger partial charge on any atom is -0.356 e. The molecule has 0 spiro atoms. The Morgan fingerprint density at radius 2 is 1.87 bits per heavy atom. The third-order valence-electron chi connectivity index (χ3n) is 3.22. The molecule has 0 amide bonds. The predicted octanol–water partition coefficient (Wildman–Crippen LogP) is 2.79. The third kappa shape index (κ3) is 7.40. The van der Waals surface area contributed by atoms with Crippen molar-refractivity contribution in [1.82, 2.24) is 15.6 Å². The quantitative estimate of drug-likeness (QED) is 0.423. The van der Waals surface area contributed by atoms with E-state index in [9.17, 15) is 4.39 Å². The van der Waals surface area contributed by atoms with Crippen LogP contribution < -0.4 is 10.6 Å². The molecule has 2 aromatic rings. The van der Waals surface area contributed by atoms with Gasteiger partial charge in [0.1, 0.15) is 5.82 Å². The van der Waals surface area contributed by atoms with Gasteiger partial charge in [-0.3, -0.25) is 9.98 Å². The largest absolute Gasteiger partial charge is 0.356 e. The van der Waals surface area contributed by atoms with Gasteiger partial charge in [0.05, 0.1) is 0 Å². The summed E-state index contributed by atoms with van der Waals surface area (Å²) in [5.41, 5.74) is 2.02. The Bertz CT molecular complexity index is 605. The highest BCUT2D eigenvalue weighted by Gasteiger charge is 1.99. The number of nitrogens with one attached hydrogen (secondary N) is 2. The van der Waals surface area contributed by atoms with E-state index in [1.165, 1.54) is 6.07 Å². The van der Waals surface area contributed by atoms with Crippen LogP contribution in [0.15, 0.2) is 53.7 Å². The van der Waals surface area contributed by atoms with Crippen LogP contribution in [0.3, 0.4) is 0 Å². The van der Waals surface area contributed by atoms with Gasteiger partial charge in [-0.1, -0.05) is 18.2 Å². The molecule has 0 atom stereocenters. The van der Waals surface area contributed by atoms with Crippen molar-refractivity contribution in [1.29, 1.82) is 0 Å². The van der Waals surface area contributed by atoms with Crippen LogP contribution in [0.4, 0.5) is 4.39 Å². The van der Waals surface area contributed by atoms with Gasteiger partial charge in [0.15, 0.2) is 5.96 Å². The summed E-state index contributed by atoms with van der Waals surface area (Å²) in [6, 6.07) is 12.5. The van der Waals surface area contributed by atoms with Crippen molar-refractivity contribution >= 4 is 29.9 Å². The monoisotopic (exact) mass is 428 g/mol. The summed E-state index contributed by atoms with van der Waals surface area (Å²) in [5, 5.41) is 6.46. The van der Waals surface area contributed by atoms with Crippen LogP contribution in [0.2, 0.25) is 0 Å². The molecule has 124 valence electrons. The lowest BCUT2D eigenvalue weighted by Gasteiger charge is -2.11. The minimum absolute atomic E-state index is 0. The van der Waals surface area contributed by atoms with Crippen LogP contribution in [-0.2, 0) is 12.8 Å². The SMILES string of the molecule is CN=C(NCCc1cccc(F)c1)NCCc1ccccn1.I. The molecule has 2 rings (SSSR count). The first kappa shape index (κ1) is 19.3. The fourth-order valence-electron chi connectivity index (χ4n) is 2.09. The molecule has 0 aliphatic rings. The Kier molecular flexibility index (Phi) is 9.20. The number of hydrogen-bond donors (Lipinski definition) is 2. The number of pyridine rings is 1. The maximum absolute atomic E-state index is 13.1. The van der Waals surface area contributed by atoms with Gasteiger partial charge in [-0.25, -0.2) is 4.39 Å². The molecule has 0 unspecified atom stereocenters. The molecular formula is C17H22FIN4. The molecule has 6 heteroatoms. The highest BCUT2D eigenvalue weighted by Crippen LogP contribution is 2.03. The molecule has 0 radical (unpaired) electrons. The number of guanidine groups is 1. The van der Waals surface area contributed by atoms with Gasteiger partial charge in [0.2, 0.25) is 0 Å². The summed E-state index contributed by atoms with van der Waals surface area (Å²) in [4.78, 5) is 8.44. The summed E-state index contributed by atoms with van der Waals surface area (Å²) >= 11 is 0. The Morgan fingerprint density at radius 1 is 1.09 bits per heavy atom. The van der Waals surface area contributed by atoms with Crippen LogP contribution in [0, 0.1) is 5.82 Å². The predicted molar refractivity (Wildman–Crippen MR) is 103 cm³/mol. The Morgan fingerprint density at radius 3 is 2.52 bits per heavy atom. The average molecular weight is 428 g/mol. The zero-order valence-corrected chi connectivity index (χ0v) is 15.5. The van der Waals surface area contributed by atoms with E-state index >= 15 is 0 Å². The molecule has 1 aromatic heterocycles. The molecule has 0 aliphatic heterocycles. The summed E-state index contributed by atoms with van der Waals surface area (Å²) < 4.78 is 13.1. The standard InChI is InChI=1S/C17H21FN4.HI/c1-19-17(22-12-9-16-7-2-3-10-20-16)21-11-8-14-5-4-6-15(18)13-14;/h2-7,10,13H,8-9,11-12H2,1H3,(H2,19,21,22);1H. The number of aliphatic imine (C=N–C) groups is 1. The highest BCUT2D eigenvalue weighted by molar-refractivity contribution is 14.0. The van der Waals surface area contributed by atoms with Crippen molar-refractivity contribution in [2.45, 2.75) is 12.8 Å². The highest BCUT2D eigenvalue weighted by atomic mass is 127. The Labute approximate surface area is 153 Å². The smallest absolute Gasteiger partial charge is 0.190 e. The molecule has 0 saturated carbocycles. The van der Waals surface area contributed by atoms with Crippen molar-refractivity contribution in [3.05, 3.63) is 65.7 Å². The number of aromatic nitrogens is 1. The first-order chi connectivity index (χ1) is 10.8. The van der Waals surface area contributed by atoms with Crippen molar-refractivity contribution in [3.63, 3.8) is 0 Å². The molecule has 0 saturated heterocycles. The number of rotatable bonds is 6. The van der Waals surface area contributed by atoms with E-state index in [2.05, 4.69) is 20.6 Å². The minimum atomic E-state index is -0.199. The fraction of sp³-hybridized carbons (Fsp3) is 0.294. The molecule has 1 aromatic carbocycles. The first-order valence-corrected chi connectivity index (χ1v) is 7.37. The van der Waals surface area contributed by atoms with Gasteiger partial charge in [-0.05, 0) is 36.2 Å². The topological polar surface area (TPSA) is 49.3 Å². The van der Waals surface area contributed by atoms with Crippen LogP contribution in [0.1, 0.15) is 11.3 Å². The zero-order chi connectivity index (χ0) is 15.6. The second-order valence-corrected chi connectivity index (χ2v) is 4.88. The lowest BCUT2D eigenvalue weighted by Crippen LogP contribution is -2.39. The molecule has 1 heterocycles. The average Bonchev–Trinajstić information content (AvgIpc) is 2.54.